The van der Waals surface area contributed by atoms with E-state index in [0.29, 0.717) is 60.8 Å². The maximum atomic E-state index is 13.2. The third kappa shape index (κ3) is 4.84. The molecule has 2 atom stereocenters. The minimum atomic E-state index is -4.40. The summed E-state index contributed by atoms with van der Waals surface area (Å²) in [6.07, 6.45) is -2.22. The Bertz CT molecular complexity index is 975. The Morgan fingerprint density at radius 1 is 1.06 bits per heavy atom. The summed E-state index contributed by atoms with van der Waals surface area (Å²) >= 11 is 12.2. The number of alkyl halides is 3. The molecule has 32 heavy (non-hydrogen) atoms. The highest BCUT2D eigenvalue weighted by atomic mass is 35.5. The van der Waals surface area contributed by atoms with Crippen LogP contribution >= 0.6 is 23.2 Å². The Kier molecular flexibility index (Phi) is 6.59. The molecule has 2 aliphatic rings. The van der Waals surface area contributed by atoms with Gasteiger partial charge in [-0.25, -0.2) is 4.98 Å². The summed E-state index contributed by atoms with van der Waals surface area (Å²) in [7, 11) is 0. The smallest absolute Gasteiger partial charge is 0.357 e. The molecule has 0 N–H and O–H groups in total. The second-order valence-corrected chi connectivity index (χ2v) is 9.48. The molecule has 0 unspecified atom stereocenters. The lowest BCUT2D eigenvalue weighted by molar-refractivity contribution is -0.138. The van der Waals surface area contributed by atoms with E-state index in [4.69, 9.17) is 23.2 Å². The number of hydrogen-bond donors (Lipinski definition) is 0. The van der Waals surface area contributed by atoms with Crippen LogP contribution < -0.4 is 4.90 Å². The van der Waals surface area contributed by atoms with E-state index < -0.39 is 11.7 Å². The highest BCUT2D eigenvalue weighted by Crippen LogP contribution is 2.37. The molecular formula is C23H24Cl2F3N3O. The van der Waals surface area contributed by atoms with Crippen LogP contribution in [-0.4, -0.2) is 42.0 Å². The summed E-state index contributed by atoms with van der Waals surface area (Å²) in [5, 5.41) is 1.04. The van der Waals surface area contributed by atoms with E-state index in [0.717, 1.165) is 17.8 Å². The number of nitrogens with zero attached hydrogens (tertiary/aromatic N) is 3. The number of benzene rings is 1. The van der Waals surface area contributed by atoms with Crippen LogP contribution in [0.4, 0.5) is 19.0 Å². The van der Waals surface area contributed by atoms with Gasteiger partial charge in [0.05, 0.1) is 15.6 Å². The van der Waals surface area contributed by atoms with Crippen molar-refractivity contribution in [2.24, 2.45) is 11.8 Å². The molecule has 2 saturated heterocycles. The molecule has 1 amide bonds. The lowest BCUT2D eigenvalue weighted by Crippen LogP contribution is -2.42. The minimum absolute atomic E-state index is 0.0829. The number of anilines is 1. The van der Waals surface area contributed by atoms with E-state index in [1.165, 1.54) is 6.07 Å². The fourth-order valence-corrected chi connectivity index (χ4v) is 4.98. The zero-order valence-electron chi connectivity index (χ0n) is 17.6. The number of halogens is 5. The Morgan fingerprint density at radius 3 is 2.38 bits per heavy atom. The standard InChI is InChI=1S/C23H24Cl2F3N3O/c1-14-12-31(13-18(14)16-2-4-19(24)20(25)10-16)22(32)15-6-8-30(9-7-15)21-5-3-17(11-29-21)23(26,27)28/h2-5,10-11,14-15,18H,6-9,12-13H2,1H3/t14-,18-/m1/s1. The third-order valence-electron chi connectivity index (χ3n) is 6.54. The number of rotatable bonds is 3. The number of likely N-dealkylation sites (tertiary alicyclic amines) is 1. The highest BCUT2D eigenvalue weighted by Gasteiger charge is 2.37. The molecule has 9 heteroatoms. The molecule has 2 aliphatic heterocycles. The van der Waals surface area contributed by atoms with Crippen LogP contribution in [0.1, 0.15) is 36.8 Å². The summed E-state index contributed by atoms with van der Waals surface area (Å²) in [4.78, 5) is 21.0. The summed E-state index contributed by atoms with van der Waals surface area (Å²) in [5.74, 6) is 1.11. The van der Waals surface area contributed by atoms with Crippen LogP contribution in [0, 0.1) is 11.8 Å². The molecule has 2 aromatic rings. The van der Waals surface area contributed by atoms with Gasteiger partial charge in [-0.3, -0.25) is 4.79 Å². The lowest BCUT2D eigenvalue weighted by atomic mass is 9.90. The number of piperidine rings is 1. The van der Waals surface area contributed by atoms with Crippen molar-refractivity contribution in [2.75, 3.05) is 31.1 Å². The Balaban J connectivity index is 1.35. The molecular weight excluding hydrogens is 462 g/mol. The number of carbonyl (C=O) groups is 1. The van der Waals surface area contributed by atoms with Crippen molar-refractivity contribution in [1.29, 1.82) is 0 Å². The van der Waals surface area contributed by atoms with Gasteiger partial charge in [0.2, 0.25) is 5.91 Å². The van der Waals surface area contributed by atoms with Gasteiger partial charge in [-0.2, -0.15) is 13.2 Å². The molecule has 0 bridgehead atoms. The van der Waals surface area contributed by atoms with E-state index in [1.807, 2.05) is 21.9 Å². The fraction of sp³-hybridized carbons (Fsp3) is 0.478. The molecule has 4 nitrogen and oxygen atoms in total. The van der Waals surface area contributed by atoms with Crippen molar-refractivity contribution in [3.63, 3.8) is 0 Å². The first kappa shape index (κ1) is 23.2. The Morgan fingerprint density at radius 2 is 1.78 bits per heavy atom. The average molecular weight is 486 g/mol. The van der Waals surface area contributed by atoms with E-state index >= 15 is 0 Å². The van der Waals surface area contributed by atoms with Crippen molar-refractivity contribution in [1.82, 2.24) is 9.88 Å². The predicted molar refractivity (Wildman–Crippen MR) is 119 cm³/mol. The van der Waals surface area contributed by atoms with Gasteiger partial charge in [0.15, 0.2) is 0 Å². The van der Waals surface area contributed by atoms with Gasteiger partial charge in [0, 0.05) is 44.2 Å². The van der Waals surface area contributed by atoms with Crippen LogP contribution in [-0.2, 0) is 11.0 Å². The molecule has 0 aliphatic carbocycles. The first-order valence-electron chi connectivity index (χ1n) is 10.7. The van der Waals surface area contributed by atoms with Gasteiger partial charge < -0.3 is 9.80 Å². The molecule has 2 fully saturated rings. The number of hydrogen-bond acceptors (Lipinski definition) is 3. The number of pyridine rings is 1. The first-order valence-corrected chi connectivity index (χ1v) is 11.4. The van der Waals surface area contributed by atoms with E-state index in [-0.39, 0.29) is 17.7 Å². The van der Waals surface area contributed by atoms with Crippen molar-refractivity contribution in [3.8, 4) is 0 Å². The highest BCUT2D eigenvalue weighted by molar-refractivity contribution is 6.42. The minimum Gasteiger partial charge on any atom is -0.357 e. The Hall–Kier alpha value is -1.99. The molecule has 0 spiro atoms. The van der Waals surface area contributed by atoms with Gasteiger partial charge in [0.1, 0.15) is 5.82 Å². The zero-order valence-corrected chi connectivity index (χ0v) is 19.1. The van der Waals surface area contributed by atoms with Crippen molar-refractivity contribution >= 4 is 34.9 Å². The molecule has 4 rings (SSSR count). The number of amides is 1. The van der Waals surface area contributed by atoms with E-state index in [9.17, 15) is 18.0 Å². The largest absolute Gasteiger partial charge is 0.417 e. The zero-order chi connectivity index (χ0) is 23.0. The predicted octanol–water partition coefficient (Wildman–Crippen LogP) is 5.89. The fourth-order valence-electron chi connectivity index (χ4n) is 4.68. The van der Waals surface area contributed by atoms with Crippen LogP contribution in [0.15, 0.2) is 36.5 Å². The maximum absolute atomic E-state index is 13.2. The first-order chi connectivity index (χ1) is 15.1. The van der Waals surface area contributed by atoms with Crippen LogP contribution in [0.3, 0.4) is 0 Å². The van der Waals surface area contributed by atoms with Crippen LogP contribution in [0.5, 0.6) is 0 Å². The monoisotopic (exact) mass is 485 g/mol. The number of carbonyl (C=O) groups excluding carboxylic acids is 1. The van der Waals surface area contributed by atoms with Gasteiger partial charge in [0.25, 0.3) is 0 Å². The van der Waals surface area contributed by atoms with Crippen LogP contribution in [0.25, 0.3) is 0 Å². The van der Waals surface area contributed by atoms with Crippen molar-refractivity contribution in [2.45, 2.75) is 31.9 Å². The van der Waals surface area contributed by atoms with E-state index in [1.54, 1.807) is 6.07 Å². The summed E-state index contributed by atoms with van der Waals surface area (Å²) in [6.45, 7) is 4.67. The molecule has 1 aromatic heterocycles. The summed E-state index contributed by atoms with van der Waals surface area (Å²) in [5.41, 5.74) is 0.330. The third-order valence-corrected chi connectivity index (χ3v) is 7.28. The average Bonchev–Trinajstić information content (AvgIpc) is 3.16. The second kappa shape index (κ2) is 9.10. The molecule has 3 heterocycles. The molecule has 1 aromatic carbocycles. The van der Waals surface area contributed by atoms with Gasteiger partial charge in [-0.1, -0.05) is 36.2 Å². The van der Waals surface area contributed by atoms with Crippen LogP contribution in [0.2, 0.25) is 10.0 Å². The van der Waals surface area contributed by atoms with E-state index in [2.05, 4.69) is 11.9 Å². The maximum Gasteiger partial charge on any atom is 0.417 e. The lowest BCUT2D eigenvalue weighted by Gasteiger charge is -2.34. The topological polar surface area (TPSA) is 36.4 Å². The summed E-state index contributed by atoms with van der Waals surface area (Å²) < 4.78 is 38.2. The molecule has 0 radical (unpaired) electrons. The molecule has 172 valence electrons. The second-order valence-electron chi connectivity index (χ2n) is 8.66. The SMILES string of the molecule is C[C@@H]1CN(C(=O)C2CCN(c3ccc(C(F)(F)F)cn3)CC2)C[C@H]1c1ccc(Cl)c(Cl)c1. The normalized spacial score (nSPS) is 22.4. The number of aromatic nitrogens is 1. The van der Waals surface area contributed by atoms with Gasteiger partial charge in [-0.05, 0) is 48.6 Å². The molecule has 0 saturated carbocycles. The van der Waals surface area contributed by atoms with Gasteiger partial charge >= 0.3 is 6.18 Å². The van der Waals surface area contributed by atoms with Gasteiger partial charge in [-0.15, -0.1) is 0 Å². The Labute approximate surface area is 195 Å². The van der Waals surface area contributed by atoms with Crippen molar-refractivity contribution in [3.05, 3.63) is 57.7 Å². The van der Waals surface area contributed by atoms with Crippen molar-refractivity contribution < 1.29 is 18.0 Å². The quantitative estimate of drug-likeness (QED) is 0.544. The summed E-state index contributed by atoms with van der Waals surface area (Å²) in [6, 6.07) is 8.10.